The average Bonchev–Trinajstić information content (AvgIpc) is 2.42. The summed E-state index contributed by atoms with van der Waals surface area (Å²) < 4.78 is 5.79. The van der Waals surface area contributed by atoms with Crippen LogP contribution in [0.1, 0.15) is 0 Å². The standard InChI is InChI=1S/C12H6BrClN2O5/c13-7-4-5-11(10(6-7)16(19)20)21-12-8(14)2-1-3-9(12)15(17)18/h1-6H. The van der Waals surface area contributed by atoms with Gasteiger partial charge in [-0.3, -0.25) is 20.2 Å². The van der Waals surface area contributed by atoms with Crippen LogP contribution in [0.25, 0.3) is 0 Å². The van der Waals surface area contributed by atoms with E-state index in [1.54, 1.807) is 0 Å². The molecule has 0 amide bonds. The molecule has 2 aromatic rings. The summed E-state index contributed by atoms with van der Waals surface area (Å²) in [4.78, 5) is 20.6. The Kier molecular flexibility index (Phi) is 4.39. The summed E-state index contributed by atoms with van der Waals surface area (Å²) >= 11 is 8.99. The highest BCUT2D eigenvalue weighted by Gasteiger charge is 2.23. The lowest BCUT2D eigenvalue weighted by atomic mass is 10.2. The summed E-state index contributed by atoms with van der Waals surface area (Å²) in [7, 11) is 0. The van der Waals surface area contributed by atoms with E-state index in [9.17, 15) is 20.2 Å². The maximum Gasteiger partial charge on any atom is 0.313 e. The number of ether oxygens (including phenoxy) is 1. The van der Waals surface area contributed by atoms with Crippen LogP contribution in [0.4, 0.5) is 11.4 Å². The molecule has 9 heteroatoms. The van der Waals surface area contributed by atoms with Crippen molar-refractivity contribution in [2.75, 3.05) is 0 Å². The van der Waals surface area contributed by atoms with Crippen LogP contribution in [0.15, 0.2) is 40.9 Å². The van der Waals surface area contributed by atoms with Gasteiger partial charge in [-0.2, -0.15) is 0 Å². The maximum absolute atomic E-state index is 11.0. The van der Waals surface area contributed by atoms with E-state index in [1.807, 2.05) is 0 Å². The smallest absolute Gasteiger partial charge is 0.313 e. The van der Waals surface area contributed by atoms with Crippen LogP contribution >= 0.6 is 27.5 Å². The third-order valence-electron chi connectivity index (χ3n) is 2.47. The molecule has 0 saturated heterocycles. The van der Waals surface area contributed by atoms with Gasteiger partial charge in [0.1, 0.15) is 0 Å². The van der Waals surface area contributed by atoms with E-state index in [0.29, 0.717) is 4.47 Å². The van der Waals surface area contributed by atoms with Gasteiger partial charge in [-0.05, 0) is 18.2 Å². The fraction of sp³-hybridized carbons (Fsp3) is 0. The van der Waals surface area contributed by atoms with Crippen molar-refractivity contribution in [3.8, 4) is 11.5 Å². The van der Waals surface area contributed by atoms with Crippen LogP contribution in [-0.2, 0) is 0 Å². The minimum absolute atomic E-state index is 0.0126. The van der Waals surface area contributed by atoms with Crippen molar-refractivity contribution in [2.45, 2.75) is 0 Å². The zero-order valence-electron chi connectivity index (χ0n) is 10.2. The molecule has 0 heterocycles. The number of rotatable bonds is 4. The number of hydrogen-bond acceptors (Lipinski definition) is 5. The summed E-state index contributed by atoms with van der Waals surface area (Å²) in [5.74, 6) is -0.381. The number of hydrogen-bond donors (Lipinski definition) is 0. The minimum Gasteiger partial charge on any atom is -0.441 e. The molecular formula is C12H6BrClN2O5. The molecule has 7 nitrogen and oxygen atoms in total. The van der Waals surface area contributed by atoms with Crippen LogP contribution in [0, 0.1) is 20.2 Å². The van der Waals surface area contributed by atoms with Gasteiger partial charge in [-0.25, -0.2) is 0 Å². The van der Waals surface area contributed by atoms with Crippen molar-refractivity contribution in [2.24, 2.45) is 0 Å². The Bertz CT molecular complexity index is 738. The fourth-order valence-corrected chi connectivity index (χ4v) is 2.13. The van der Waals surface area contributed by atoms with Crippen molar-refractivity contribution in [1.29, 1.82) is 0 Å². The molecule has 21 heavy (non-hydrogen) atoms. The monoisotopic (exact) mass is 372 g/mol. The van der Waals surface area contributed by atoms with E-state index in [0.717, 1.165) is 0 Å². The molecule has 2 rings (SSSR count). The predicted octanol–water partition coefficient (Wildman–Crippen LogP) is 4.71. The topological polar surface area (TPSA) is 95.5 Å². The van der Waals surface area contributed by atoms with Gasteiger partial charge < -0.3 is 4.74 Å². The Morgan fingerprint density at radius 2 is 1.71 bits per heavy atom. The molecule has 0 N–H and O–H groups in total. The van der Waals surface area contributed by atoms with Crippen molar-refractivity contribution < 1.29 is 14.6 Å². The van der Waals surface area contributed by atoms with Crippen molar-refractivity contribution in [1.82, 2.24) is 0 Å². The van der Waals surface area contributed by atoms with Crippen molar-refractivity contribution in [3.63, 3.8) is 0 Å². The Morgan fingerprint density at radius 3 is 2.33 bits per heavy atom. The zero-order chi connectivity index (χ0) is 15.6. The molecule has 0 bridgehead atoms. The lowest BCUT2D eigenvalue weighted by Crippen LogP contribution is -1.97. The second-order valence-corrected chi connectivity index (χ2v) is 5.14. The summed E-state index contributed by atoms with van der Waals surface area (Å²) in [5, 5.41) is 22.0. The molecule has 0 unspecified atom stereocenters. The van der Waals surface area contributed by atoms with Gasteiger partial charge in [0.2, 0.25) is 11.5 Å². The first kappa shape index (κ1) is 15.2. The number of para-hydroxylation sites is 1. The van der Waals surface area contributed by atoms with Gasteiger partial charge in [-0.1, -0.05) is 33.6 Å². The SMILES string of the molecule is O=[N+]([O-])c1cc(Br)ccc1Oc1c(Cl)cccc1[N+](=O)[O-]. The third kappa shape index (κ3) is 3.29. The molecule has 0 saturated carbocycles. The number of nitro groups is 2. The Balaban J connectivity index is 2.53. The van der Waals surface area contributed by atoms with Crippen molar-refractivity contribution >= 4 is 38.9 Å². The first-order valence-corrected chi connectivity index (χ1v) is 6.62. The van der Waals surface area contributed by atoms with Gasteiger partial charge in [-0.15, -0.1) is 0 Å². The molecule has 0 fully saturated rings. The maximum atomic E-state index is 11.0. The van der Waals surface area contributed by atoms with Crippen LogP contribution in [0.2, 0.25) is 5.02 Å². The lowest BCUT2D eigenvalue weighted by molar-refractivity contribution is -0.387. The normalized spacial score (nSPS) is 10.2. The second kappa shape index (κ2) is 6.06. The molecule has 0 spiro atoms. The van der Waals surface area contributed by atoms with E-state index >= 15 is 0 Å². The first-order chi connectivity index (χ1) is 9.90. The Hall–Kier alpha value is -2.19. The van der Waals surface area contributed by atoms with Crippen LogP contribution in [-0.4, -0.2) is 9.85 Å². The summed E-state index contributed by atoms with van der Waals surface area (Å²) in [6, 6.07) is 8.07. The second-order valence-electron chi connectivity index (χ2n) is 3.82. The van der Waals surface area contributed by atoms with Gasteiger partial charge >= 0.3 is 11.4 Å². The average molecular weight is 374 g/mol. The number of benzene rings is 2. The zero-order valence-corrected chi connectivity index (χ0v) is 12.5. The Morgan fingerprint density at radius 1 is 1.05 bits per heavy atom. The molecule has 0 atom stereocenters. The number of nitrogens with zero attached hydrogens (tertiary/aromatic N) is 2. The highest BCUT2D eigenvalue weighted by atomic mass is 79.9. The largest absolute Gasteiger partial charge is 0.441 e. The molecular weight excluding hydrogens is 367 g/mol. The molecule has 0 aliphatic heterocycles. The highest BCUT2D eigenvalue weighted by molar-refractivity contribution is 9.10. The highest BCUT2D eigenvalue weighted by Crippen LogP contribution is 2.41. The molecule has 0 radical (unpaired) electrons. The Labute approximate surface area is 131 Å². The third-order valence-corrected chi connectivity index (χ3v) is 3.26. The predicted molar refractivity (Wildman–Crippen MR) is 79.0 cm³/mol. The van der Waals surface area contributed by atoms with Gasteiger partial charge in [0, 0.05) is 16.6 Å². The van der Waals surface area contributed by atoms with Crippen molar-refractivity contribution in [3.05, 3.63) is 66.1 Å². The molecule has 0 aromatic heterocycles. The quantitative estimate of drug-likeness (QED) is 0.571. The van der Waals surface area contributed by atoms with Gasteiger partial charge in [0.05, 0.1) is 14.9 Å². The molecule has 108 valence electrons. The van der Waals surface area contributed by atoms with Crippen LogP contribution in [0.3, 0.4) is 0 Å². The fourth-order valence-electron chi connectivity index (χ4n) is 1.57. The number of halogens is 2. The summed E-state index contributed by atoms with van der Waals surface area (Å²) in [6.45, 7) is 0. The molecule has 0 aliphatic carbocycles. The van der Waals surface area contributed by atoms with E-state index in [-0.39, 0.29) is 27.9 Å². The molecule has 0 aliphatic rings. The number of nitro benzene ring substituents is 2. The van der Waals surface area contributed by atoms with Crippen LogP contribution in [0.5, 0.6) is 11.5 Å². The van der Waals surface area contributed by atoms with E-state index in [1.165, 1.54) is 36.4 Å². The van der Waals surface area contributed by atoms with E-state index in [4.69, 9.17) is 16.3 Å². The first-order valence-electron chi connectivity index (χ1n) is 5.45. The lowest BCUT2D eigenvalue weighted by Gasteiger charge is -2.08. The molecule has 2 aromatic carbocycles. The van der Waals surface area contributed by atoms with E-state index < -0.39 is 9.85 Å². The summed E-state index contributed by atoms with van der Waals surface area (Å²) in [5.41, 5.74) is -0.710. The van der Waals surface area contributed by atoms with E-state index in [2.05, 4.69) is 15.9 Å². The minimum atomic E-state index is -0.675. The van der Waals surface area contributed by atoms with Gasteiger partial charge in [0.15, 0.2) is 0 Å². The van der Waals surface area contributed by atoms with Crippen LogP contribution < -0.4 is 4.74 Å². The van der Waals surface area contributed by atoms with Gasteiger partial charge in [0.25, 0.3) is 0 Å². The summed E-state index contributed by atoms with van der Waals surface area (Å²) in [6.07, 6.45) is 0.